The Kier molecular flexibility index (Phi) is 9.28. The first kappa shape index (κ1) is 16.5. The molecule has 1 aromatic rings. The van der Waals surface area contributed by atoms with Gasteiger partial charge in [-0.05, 0) is 18.6 Å². The highest BCUT2D eigenvalue weighted by atomic mass is 16.3. The number of rotatable bonds is 11. The molecule has 112 valence electrons. The third kappa shape index (κ3) is 8.51. The highest BCUT2D eigenvalue weighted by Gasteiger charge is 1.99. The maximum Gasteiger partial charge on any atom is 0.240 e. The molecule has 1 rings (SSSR count). The van der Waals surface area contributed by atoms with Crippen molar-refractivity contribution in [2.75, 3.05) is 0 Å². The molecular formula is C16H26N2O2. The van der Waals surface area contributed by atoms with Crippen LogP contribution in [0, 0.1) is 0 Å². The van der Waals surface area contributed by atoms with Gasteiger partial charge in [-0.2, -0.15) is 5.10 Å². The molecular weight excluding hydrogens is 252 g/mol. The van der Waals surface area contributed by atoms with E-state index in [1.54, 1.807) is 18.4 Å². The minimum atomic E-state index is -0.0289. The van der Waals surface area contributed by atoms with E-state index in [-0.39, 0.29) is 5.91 Å². The number of carbonyl (C=O) groups is 1. The number of furan rings is 1. The SMILES string of the molecule is CCCCCCCCCCC(=O)N/N=C/c1ccco1. The summed E-state index contributed by atoms with van der Waals surface area (Å²) in [6.07, 6.45) is 13.5. The van der Waals surface area contributed by atoms with Crippen LogP contribution in [-0.4, -0.2) is 12.1 Å². The number of carbonyl (C=O) groups excluding carboxylic acids is 1. The van der Waals surface area contributed by atoms with Gasteiger partial charge < -0.3 is 4.42 Å². The zero-order valence-corrected chi connectivity index (χ0v) is 12.4. The molecule has 1 heterocycles. The van der Waals surface area contributed by atoms with Gasteiger partial charge in [0.25, 0.3) is 0 Å². The van der Waals surface area contributed by atoms with Crippen molar-refractivity contribution in [2.24, 2.45) is 5.10 Å². The number of hydrazone groups is 1. The van der Waals surface area contributed by atoms with E-state index in [1.165, 1.54) is 44.7 Å². The molecule has 0 saturated heterocycles. The minimum Gasteiger partial charge on any atom is -0.463 e. The lowest BCUT2D eigenvalue weighted by Gasteiger charge is -2.01. The van der Waals surface area contributed by atoms with Gasteiger partial charge in [0.2, 0.25) is 5.91 Å². The van der Waals surface area contributed by atoms with E-state index < -0.39 is 0 Å². The lowest BCUT2D eigenvalue weighted by atomic mass is 10.1. The Morgan fingerprint density at radius 2 is 1.90 bits per heavy atom. The summed E-state index contributed by atoms with van der Waals surface area (Å²) in [5.74, 6) is 0.608. The molecule has 0 aliphatic heterocycles. The molecule has 4 nitrogen and oxygen atoms in total. The van der Waals surface area contributed by atoms with Crippen LogP contribution in [0.5, 0.6) is 0 Å². The standard InChI is InChI=1S/C16H26N2O2/c1-2-3-4-5-6-7-8-9-12-16(19)18-17-14-15-11-10-13-20-15/h10-11,13-14H,2-9,12H2,1H3,(H,18,19)/b17-14+. The lowest BCUT2D eigenvalue weighted by molar-refractivity contribution is -0.121. The molecule has 1 aromatic heterocycles. The second-order valence-corrected chi connectivity index (χ2v) is 5.03. The third-order valence-corrected chi connectivity index (χ3v) is 3.18. The first-order valence-electron chi connectivity index (χ1n) is 7.68. The molecule has 0 fully saturated rings. The molecule has 0 atom stereocenters. The second kappa shape index (κ2) is 11.3. The fourth-order valence-electron chi connectivity index (χ4n) is 2.01. The van der Waals surface area contributed by atoms with E-state index in [9.17, 15) is 4.79 Å². The summed E-state index contributed by atoms with van der Waals surface area (Å²) in [4.78, 5) is 11.5. The topological polar surface area (TPSA) is 54.6 Å². The first-order valence-corrected chi connectivity index (χ1v) is 7.68. The summed E-state index contributed by atoms with van der Waals surface area (Å²) in [7, 11) is 0. The second-order valence-electron chi connectivity index (χ2n) is 5.03. The first-order chi connectivity index (χ1) is 9.83. The zero-order valence-electron chi connectivity index (χ0n) is 12.4. The molecule has 0 aromatic carbocycles. The van der Waals surface area contributed by atoms with Crippen LogP contribution in [0.3, 0.4) is 0 Å². The van der Waals surface area contributed by atoms with Gasteiger partial charge in [0, 0.05) is 6.42 Å². The molecule has 0 saturated carbocycles. The van der Waals surface area contributed by atoms with Crippen molar-refractivity contribution < 1.29 is 9.21 Å². The number of hydrogen-bond donors (Lipinski definition) is 1. The van der Waals surface area contributed by atoms with Crippen molar-refractivity contribution in [1.29, 1.82) is 0 Å². The zero-order chi connectivity index (χ0) is 14.5. The Bertz CT molecular complexity index is 372. The van der Waals surface area contributed by atoms with Crippen LogP contribution >= 0.6 is 0 Å². The van der Waals surface area contributed by atoms with Crippen LogP contribution in [-0.2, 0) is 4.79 Å². The van der Waals surface area contributed by atoms with Crippen molar-refractivity contribution in [1.82, 2.24) is 5.43 Å². The van der Waals surface area contributed by atoms with Gasteiger partial charge in [-0.1, -0.05) is 51.9 Å². The molecule has 1 amide bonds. The van der Waals surface area contributed by atoms with E-state index in [4.69, 9.17) is 4.42 Å². The Hall–Kier alpha value is -1.58. The van der Waals surface area contributed by atoms with Gasteiger partial charge in [-0.3, -0.25) is 4.79 Å². The fraction of sp³-hybridized carbons (Fsp3) is 0.625. The quantitative estimate of drug-likeness (QED) is 0.373. The Labute approximate surface area is 121 Å². The predicted octanol–water partition coefficient (Wildman–Crippen LogP) is 4.26. The van der Waals surface area contributed by atoms with E-state index in [2.05, 4.69) is 17.5 Å². The maximum atomic E-state index is 11.5. The van der Waals surface area contributed by atoms with E-state index in [1.807, 2.05) is 0 Å². The molecule has 0 aliphatic rings. The van der Waals surface area contributed by atoms with Gasteiger partial charge in [0.1, 0.15) is 5.76 Å². The van der Waals surface area contributed by atoms with Crippen molar-refractivity contribution in [3.8, 4) is 0 Å². The van der Waals surface area contributed by atoms with Gasteiger partial charge in [-0.15, -0.1) is 0 Å². The smallest absolute Gasteiger partial charge is 0.240 e. The summed E-state index contributed by atoms with van der Waals surface area (Å²) < 4.78 is 5.07. The van der Waals surface area contributed by atoms with Crippen molar-refractivity contribution >= 4 is 12.1 Å². The van der Waals surface area contributed by atoms with Crippen molar-refractivity contribution in [3.05, 3.63) is 24.2 Å². The Balaban J connectivity index is 1.92. The monoisotopic (exact) mass is 278 g/mol. The molecule has 0 bridgehead atoms. The molecule has 4 heteroatoms. The average Bonchev–Trinajstić information content (AvgIpc) is 2.95. The van der Waals surface area contributed by atoms with Crippen LogP contribution in [0.4, 0.5) is 0 Å². The van der Waals surface area contributed by atoms with Crippen LogP contribution in [0.15, 0.2) is 27.9 Å². The van der Waals surface area contributed by atoms with Crippen molar-refractivity contribution in [2.45, 2.75) is 64.7 Å². The molecule has 0 aliphatic carbocycles. The summed E-state index contributed by atoms with van der Waals surface area (Å²) in [6, 6.07) is 3.57. The number of nitrogens with one attached hydrogen (secondary N) is 1. The Morgan fingerprint density at radius 1 is 1.20 bits per heavy atom. The normalized spacial score (nSPS) is 11.1. The number of unbranched alkanes of at least 4 members (excludes halogenated alkanes) is 7. The Morgan fingerprint density at radius 3 is 2.55 bits per heavy atom. The van der Waals surface area contributed by atoms with Crippen molar-refractivity contribution in [3.63, 3.8) is 0 Å². The number of hydrogen-bond acceptors (Lipinski definition) is 3. The lowest BCUT2D eigenvalue weighted by Crippen LogP contribution is -2.16. The maximum absolute atomic E-state index is 11.5. The van der Waals surface area contributed by atoms with Gasteiger partial charge in [-0.25, -0.2) is 5.43 Å². The molecule has 0 unspecified atom stereocenters. The number of nitrogens with zero attached hydrogens (tertiary/aromatic N) is 1. The van der Waals surface area contributed by atoms with Crippen LogP contribution in [0.2, 0.25) is 0 Å². The molecule has 0 spiro atoms. The van der Waals surface area contributed by atoms with E-state index >= 15 is 0 Å². The summed E-state index contributed by atoms with van der Waals surface area (Å²) in [5, 5.41) is 3.84. The van der Waals surface area contributed by atoms with Crippen LogP contribution in [0.25, 0.3) is 0 Å². The van der Waals surface area contributed by atoms with Gasteiger partial charge in [0.05, 0.1) is 12.5 Å². The molecule has 0 radical (unpaired) electrons. The van der Waals surface area contributed by atoms with E-state index in [0.717, 1.165) is 12.8 Å². The largest absolute Gasteiger partial charge is 0.463 e. The third-order valence-electron chi connectivity index (χ3n) is 3.18. The highest BCUT2D eigenvalue weighted by molar-refractivity contribution is 5.80. The predicted molar refractivity (Wildman–Crippen MR) is 81.7 cm³/mol. The van der Waals surface area contributed by atoms with Gasteiger partial charge in [0.15, 0.2) is 0 Å². The van der Waals surface area contributed by atoms with E-state index in [0.29, 0.717) is 12.2 Å². The van der Waals surface area contributed by atoms with Crippen LogP contribution < -0.4 is 5.43 Å². The fourth-order valence-corrected chi connectivity index (χ4v) is 2.01. The number of amides is 1. The average molecular weight is 278 g/mol. The van der Waals surface area contributed by atoms with Gasteiger partial charge >= 0.3 is 0 Å². The highest BCUT2D eigenvalue weighted by Crippen LogP contribution is 2.09. The van der Waals surface area contributed by atoms with Crippen LogP contribution in [0.1, 0.15) is 70.5 Å². The summed E-state index contributed by atoms with van der Waals surface area (Å²) >= 11 is 0. The summed E-state index contributed by atoms with van der Waals surface area (Å²) in [6.45, 7) is 2.23. The minimum absolute atomic E-state index is 0.0289. The molecule has 1 N–H and O–H groups in total. The summed E-state index contributed by atoms with van der Waals surface area (Å²) in [5.41, 5.74) is 2.51. The molecule has 20 heavy (non-hydrogen) atoms.